The van der Waals surface area contributed by atoms with Crippen molar-refractivity contribution in [3.05, 3.63) is 69.3 Å². The number of piperazine rings is 1. The van der Waals surface area contributed by atoms with Crippen LogP contribution in [-0.4, -0.2) is 48.7 Å². The maximum atomic E-state index is 12.9. The molecule has 0 unspecified atom stereocenters. The van der Waals surface area contributed by atoms with Crippen LogP contribution in [0.2, 0.25) is 0 Å². The number of para-hydroxylation sites is 1. The minimum absolute atomic E-state index is 0.0998. The summed E-state index contributed by atoms with van der Waals surface area (Å²) in [5.74, 6) is 0. The van der Waals surface area contributed by atoms with Gasteiger partial charge in [0.1, 0.15) is 0 Å². The zero-order chi connectivity index (χ0) is 19.6. The highest BCUT2D eigenvalue weighted by Crippen LogP contribution is 2.24. The lowest BCUT2D eigenvalue weighted by Crippen LogP contribution is -2.48. The molecule has 0 radical (unpaired) electrons. The number of nitro groups is 1. The Morgan fingerprint density at radius 2 is 1.70 bits per heavy atom. The first kappa shape index (κ1) is 19.5. The van der Waals surface area contributed by atoms with Gasteiger partial charge >= 0.3 is 0 Å². The lowest BCUT2D eigenvalue weighted by Gasteiger charge is -2.34. The van der Waals surface area contributed by atoms with Crippen LogP contribution in [0, 0.1) is 24.0 Å². The lowest BCUT2D eigenvalue weighted by molar-refractivity contribution is -0.385. The molecule has 8 heteroatoms. The predicted molar refractivity (Wildman–Crippen MR) is 103 cm³/mol. The molecule has 27 heavy (non-hydrogen) atoms. The molecule has 0 amide bonds. The van der Waals surface area contributed by atoms with Crippen LogP contribution in [0.5, 0.6) is 0 Å². The molecular formula is C19H23N3O4S. The highest BCUT2D eigenvalue weighted by Gasteiger charge is 2.30. The Bertz CT molecular complexity index is 951. The molecule has 0 aliphatic carbocycles. The monoisotopic (exact) mass is 389 g/mol. The summed E-state index contributed by atoms with van der Waals surface area (Å²) in [5, 5.41) is 11.2. The van der Waals surface area contributed by atoms with Gasteiger partial charge in [-0.05, 0) is 25.5 Å². The Hall–Kier alpha value is -2.29. The second-order valence-corrected chi connectivity index (χ2v) is 8.74. The van der Waals surface area contributed by atoms with Crippen LogP contribution in [0.15, 0.2) is 47.4 Å². The van der Waals surface area contributed by atoms with Gasteiger partial charge in [0.05, 0.1) is 9.82 Å². The maximum absolute atomic E-state index is 12.9. The van der Waals surface area contributed by atoms with Gasteiger partial charge in [0.25, 0.3) is 5.69 Å². The number of benzene rings is 2. The van der Waals surface area contributed by atoms with Crippen molar-refractivity contribution in [2.24, 2.45) is 0 Å². The van der Waals surface area contributed by atoms with E-state index in [1.807, 2.05) is 26.0 Å². The second kappa shape index (κ2) is 7.75. The second-order valence-electron chi connectivity index (χ2n) is 6.84. The van der Waals surface area contributed by atoms with E-state index in [0.717, 1.165) is 11.1 Å². The summed E-state index contributed by atoms with van der Waals surface area (Å²) in [7, 11) is -3.53. The summed E-state index contributed by atoms with van der Waals surface area (Å²) in [5.41, 5.74) is 2.52. The Morgan fingerprint density at radius 1 is 1.04 bits per heavy atom. The number of nitrogens with zero attached hydrogens (tertiary/aromatic N) is 3. The molecule has 1 heterocycles. The quantitative estimate of drug-likeness (QED) is 0.580. The summed E-state index contributed by atoms with van der Waals surface area (Å²) in [6.07, 6.45) is 0. The van der Waals surface area contributed by atoms with Gasteiger partial charge in [0, 0.05) is 44.4 Å². The van der Waals surface area contributed by atoms with Crippen molar-refractivity contribution < 1.29 is 13.3 Å². The van der Waals surface area contributed by atoms with Crippen molar-refractivity contribution >= 4 is 15.7 Å². The normalized spacial score (nSPS) is 16.4. The van der Waals surface area contributed by atoms with E-state index in [2.05, 4.69) is 4.90 Å². The van der Waals surface area contributed by atoms with Gasteiger partial charge < -0.3 is 0 Å². The van der Waals surface area contributed by atoms with Crippen molar-refractivity contribution in [3.63, 3.8) is 0 Å². The van der Waals surface area contributed by atoms with Gasteiger partial charge in [-0.15, -0.1) is 0 Å². The molecule has 1 aliphatic rings. The molecule has 1 aliphatic heterocycles. The van der Waals surface area contributed by atoms with Crippen molar-refractivity contribution in [1.82, 2.24) is 9.21 Å². The zero-order valence-corrected chi connectivity index (χ0v) is 16.3. The van der Waals surface area contributed by atoms with Gasteiger partial charge in [-0.2, -0.15) is 4.31 Å². The number of sulfonamides is 1. The Labute approximate surface area is 159 Å². The molecule has 144 valence electrons. The fourth-order valence-corrected chi connectivity index (χ4v) is 5.05. The third kappa shape index (κ3) is 4.18. The Kier molecular flexibility index (Phi) is 5.59. The molecule has 0 bridgehead atoms. The summed E-state index contributed by atoms with van der Waals surface area (Å²) in [4.78, 5) is 13.2. The minimum atomic E-state index is -3.53. The van der Waals surface area contributed by atoms with Gasteiger partial charge in [-0.3, -0.25) is 15.0 Å². The first-order chi connectivity index (χ1) is 12.8. The van der Waals surface area contributed by atoms with Crippen LogP contribution in [0.4, 0.5) is 5.69 Å². The molecule has 0 saturated carbocycles. The van der Waals surface area contributed by atoms with Gasteiger partial charge in [0.15, 0.2) is 0 Å². The first-order valence-corrected chi connectivity index (χ1v) is 10.2. The minimum Gasteiger partial charge on any atom is -0.296 e. The van der Waals surface area contributed by atoms with Crippen molar-refractivity contribution in [3.8, 4) is 0 Å². The highest BCUT2D eigenvalue weighted by molar-refractivity contribution is 7.89. The summed E-state index contributed by atoms with van der Waals surface area (Å²) in [6, 6.07) is 12.0. The van der Waals surface area contributed by atoms with Crippen LogP contribution in [-0.2, 0) is 16.6 Å². The average Bonchev–Trinajstić information content (AvgIpc) is 2.62. The Morgan fingerprint density at radius 3 is 2.33 bits per heavy atom. The van der Waals surface area contributed by atoms with Crippen LogP contribution in [0.25, 0.3) is 0 Å². The smallest absolute Gasteiger partial charge is 0.273 e. The number of aryl methyl sites for hydroxylation is 2. The third-order valence-electron chi connectivity index (χ3n) is 4.86. The highest BCUT2D eigenvalue weighted by atomic mass is 32.2. The molecule has 0 aromatic heterocycles. The van der Waals surface area contributed by atoms with Crippen molar-refractivity contribution in [1.29, 1.82) is 0 Å². The molecule has 1 saturated heterocycles. The predicted octanol–water partition coefficient (Wildman–Crippen LogP) is 2.72. The number of nitro benzene ring substituents is 1. The van der Waals surface area contributed by atoms with E-state index in [9.17, 15) is 18.5 Å². The molecular weight excluding hydrogens is 366 g/mol. The first-order valence-electron chi connectivity index (χ1n) is 8.81. The number of rotatable bonds is 5. The lowest BCUT2D eigenvalue weighted by atomic mass is 10.1. The Balaban J connectivity index is 1.69. The van der Waals surface area contributed by atoms with E-state index >= 15 is 0 Å². The SMILES string of the molecule is Cc1ccc(S(=O)(=O)N2CCN(Cc3ccccc3[N+](=O)[O-])CC2)c(C)c1. The molecule has 2 aromatic carbocycles. The van der Waals surface area contributed by atoms with Gasteiger partial charge in [0.2, 0.25) is 10.0 Å². The molecule has 0 N–H and O–H groups in total. The van der Waals surface area contributed by atoms with E-state index < -0.39 is 10.0 Å². The standard InChI is InChI=1S/C19H23N3O4S/c1-15-7-8-19(16(2)13-15)27(25,26)21-11-9-20(10-12-21)14-17-5-3-4-6-18(17)22(23)24/h3-8,13H,9-12,14H2,1-2H3. The summed E-state index contributed by atoms with van der Waals surface area (Å²) in [6.45, 7) is 6.00. The fourth-order valence-electron chi connectivity index (χ4n) is 3.42. The molecule has 3 rings (SSSR count). The van der Waals surface area contributed by atoms with Crippen LogP contribution < -0.4 is 0 Å². The van der Waals surface area contributed by atoms with E-state index in [-0.39, 0.29) is 10.6 Å². The molecule has 0 spiro atoms. The van der Waals surface area contributed by atoms with Gasteiger partial charge in [-0.25, -0.2) is 8.42 Å². The third-order valence-corrected chi connectivity index (χ3v) is 6.92. The maximum Gasteiger partial charge on any atom is 0.273 e. The average molecular weight is 389 g/mol. The molecule has 1 fully saturated rings. The van der Waals surface area contributed by atoms with E-state index in [4.69, 9.17) is 0 Å². The van der Waals surface area contributed by atoms with Crippen molar-refractivity contribution in [2.75, 3.05) is 26.2 Å². The van der Waals surface area contributed by atoms with E-state index in [1.165, 1.54) is 10.4 Å². The number of hydrogen-bond acceptors (Lipinski definition) is 5. The van der Waals surface area contributed by atoms with Crippen molar-refractivity contribution in [2.45, 2.75) is 25.3 Å². The van der Waals surface area contributed by atoms with E-state index in [1.54, 1.807) is 24.3 Å². The number of hydrogen-bond donors (Lipinski definition) is 0. The molecule has 2 aromatic rings. The fraction of sp³-hybridized carbons (Fsp3) is 0.368. The van der Waals surface area contributed by atoms with Crippen LogP contribution >= 0.6 is 0 Å². The molecule has 7 nitrogen and oxygen atoms in total. The summed E-state index contributed by atoms with van der Waals surface area (Å²) >= 11 is 0. The van der Waals surface area contributed by atoms with Crippen LogP contribution in [0.1, 0.15) is 16.7 Å². The topological polar surface area (TPSA) is 83.8 Å². The summed E-state index contributed by atoms with van der Waals surface area (Å²) < 4.78 is 27.4. The molecule has 0 atom stereocenters. The van der Waals surface area contributed by atoms with Crippen LogP contribution in [0.3, 0.4) is 0 Å². The van der Waals surface area contributed by atoms with Gasteiger partial charge in [-0.1, -0.05) is 35.9 Å². The zero-order valence-electron chi connectivity index (χ0n) is 15.5. The largest absolute Gasteiger partial charge is 0.296 e. The van der Waals surface area contributed by atoms with E-state index in [0.29, 0.717) is 43.2 Å².